The van der Waals surface area contributed by atoms with E-state index in [9.17, 15) is 19.2 Å². The second kappa shape index (κ2) is 10.4. The Labute approximate surface area is 171 Å². The van der Waals surface area contributed by atoms with Gasteiger partial charge in [-0.15, -0.1) is 0 Å². The lowest BCUT2D eigenvalue weighted by Crippen LogP contribution is -2.25. The van der Waals surface area contributed by atoms with E-state index in [4.69, 9.17) is 4.74 Å². The van der Waals surface area contributed by atoms with Gasteiger partial charge in [-0.3, -0.25) is 24.2 Å². The molecule has 2 rings (SSSR count). The van der Waals surface area contributed by atoms with Crippen molar-refractivity contribution in [3.05, 3.63) is 46.2 Å². The number of nitrogens with one attached hydrogen (secondary N) is 3. The minimum Gasteiger partial charge on any atom is -0.465 e. The summed E-state index contributed by atoms with van der Waals surface area (Å²) in [5.74, 6) is -1.52. The lowest BCUT2D eigenvalue weighted by Gasteiger charge is -2.14. The van der Waals surface area contributed by atoms with Crippen molar-refractivity contribution in [2.75, 3.05) is 17.2 Å². The third kappa shape index (κ3) is 6.18. The van der Waals surface area contributed by atoms with Crippen molar-refractivity contribution in [1.82, 2.24) is 9.97 Å². The number of benzene rings is 1. The maximum Gasteiger partial charge on any atom is 0.319 e. The second-order valence-corrected chi connectivity index (χ2v) is 7.05. The van der Waals surface area contributed by atoms with Gasteiger partial charge in [-0.25, -0.2) is 4.98 Å². The highest BCUT2D eigenvalue weighted by atomic mass is 32.2. The molecule has 154 valence electrons. The van der Waals surface area contributed by atoms with E-state index in [1.165, 1.54) is 6.92 Å². The molecule has 2 aromatic rings. The van der Waals surface area contributed by atoms with E-state index in [1.807, 2.05) is 0 Å². The number of H-pyrrole nitrogens is 1. The molecule has 0 unspecified atom stereocenters. The zero-order valence-electron chi connectivity index (χ0n) is 16.3. The summed E-state index contributed by atoms with van der Waals surface area (Å²) in [5, 5.41) is 4.47. The van der Waals surface area contributed by atoms with Crippen LogP contribution in [0.3, 0.4) is 0 Å². The first-order chi connectivity index (χ1) is 13.8. The van der Waals surface area contributed by atoms with E-state index in [1.54, 1.807) is 44.2 Å². The standard InChI is InChI=1S/C19H22N4O5S/c1-4-13(18(27)28-5-2)29-19-22-15(20-11(3)24)14(17(26)23-19)21-16(25)12-9-7-6-8-10-12/h6-10,13H,4-5H2,1-3H3,(H,21,25)(H2,20,22,23,24,26)/t13-/m1/s1. The summed E-state index contributed by atoms with van der Waals surface area (Å²) in [6.45, 7) is 5.00. The number of anilines is 2. The van der Waals surface area contributed by atoms with Crippen LogP contribution < -0.4 is 16.2 Å². The lowest BCUT2D eigenvalue weighted by atomic mass is 10.2. The van der Waals surface area contributed by atoms with Crippen LogP contribution in [0.4, 0.5) is 11.5 Å². The average molecular weight is 418 g/mol. The fourth-order valence-corrected chi connectivity index (χ4v) is 3.22. The van der Waals surface area contributed by atoms with Crippen molar-refractivity contribution in [3.8, 4) is 0 Å². The van der Waals surface area contributed by atoms with Gasteiger partial charge in [0.25, 0.3) is 11.5 Å². The number of esters is 1. The van der Waals surface area contributed by atoms with Crippen molar-refractivity contribution < 1.29 is 19.1 Å². The second-order valence-electron chi connectivity index (χ2n) is 5.86. The Hall–Kier alpha value is -3.14. The molecule has 0 spiro atoms. The topological polar surface area (TPSA) is 130 Å². The quantitative estimate of drug-likeness (QED) is 0.341. The molecule has 1 aromatic heterocycles. The molecule has 0 bridgehead atoms. The van der Waals surface area contributed by atoms with Gasteiger partial charge in [0.1, 0.15) is 5.25 Å². The van der Waals surface area contributed by atoms with Gasteiger partial charge in [-0.1, -0.05) is 36.9 Å². The lowest BCUT2D eigenvalue weighted by molar-refractivity contribution is -0.142. The Kier molecular flexibility index (Phi) is 7.96. The maximum atomic E-state index is 12.6. The van der Waals surface area contributed by atoms with E-state index in [-0.39, 0.29) is 23.3 Å². The van der Waals surface area contributed by atoms with E-state index in [2.05, 4.69) is 20.6 Å². The van der Waals surface area contributed by atoms with Crippen molar-refractivity contribution in [1.29, 1.82) is 0 Å². The molecule has 29 heavy (non-hydrogen) atoms. The van der Waals surface area contributed by atoms with Crippen LogP contribution in [0.5, 0.6) is 0 Å². The van der Waals surface area contributed by atoms with Crippen molar-refractivity contribution in [3.63, 3.8) is 0 Å². The molecule has 1 heterocycles. The Bertz CT molecular complexity index is 945. The molecule has 3 N–H and O–H groups in total. The number of aromatic nitrogens is 2. The Morgan fingerprint density at radius 3 is 2.45 bits per heavy atom. The predicted octanol–water partition coefficient (Wildman–Crippen LogP) is 2.41. The molecule has 0 aliphatic heterocycles. The molecule has 1 aromatic carbocycles. The van der Waals surface area contributed by atoms with Crippen LogP contribution in [-0.4, -0.2) is 39.6 Å². The van der Waals surface area contributed by atoms with E-state index >= 15 is 0 Å². The van der Waals surface area contributed by atoms with Crippen LogP contribution in [-0.2, 0) is 14.3 Å². The predicted molar refractivity (Wildman–Crippen MR) is 110 cm³/mol. The highest BCUT2D eigenvalue weighted by Crippen LogP contribution is 2.25. The van der Waals surface area contributed by atoms with Gasteiger partial charge in [0.2, 0.25) is 5.91 Å². The SMILES string of the molecule is CCOC(=O)[C@@H](CC)Sc1nc(NC(C)=O)c(NC(=O)c2ccccc2)c(=O)[nH]1. The summed E-state index contributed by atoms with van der Waals surface area (Å²) >= 11 is 1.01. The van der Waals surface area contributed by atoms with Crippen LogP contribution in [0, 0.1) is 0 Å². The molecule has 0 aliphatic rings. The molecule has 0 fully saturated rings. The molecule has 0 aliphatic carbocycles. The van der Waals surface area contributed by atoms with E-state index in [0.717, 1.165) is 11.8 Å². The molecule has 10 heteroatoms. The van der Waals surface area contributed by atoms with Gasteiger partial charge in [0.05, 0.1) is 6.61 Å². The number of thioether (sulfide) groups is 1. The summed E-state index contributed by atoms with van der Waals surface area (Å²) in [7, 11) is 0. The van der Waals surface area contributed by atoms with Crippen molar-refractivity contribution in [2.45, 2.75) is 37.6 Å². The Morgan fingerprint density at radius 2 is 1.86 bits per heavy atom. The van der Waals surface area contributed by atoms with Gasteiger partial charge in [-0.2, -0.15) is 0 Å². The van der Waals surface area contributed by atoms with Crippen LogP contribution in [0.25, 0.3) is 0 Å². The largest absolute Gasteiger partial charge is 0.465 e. The maximum absolute atomic E-state index is 12.6. The number of carbonyl (C=O) groups excluding carboxylic acids is 3. The number of ether oxygens (including phenoxy) is 1. The number of aromatic amines is 1. The summed E-state index contributed by atoms with van der Waals surface area (Å²) in [4.78, 5) is 55.3. The number of rotatable bonds is 8. The molecule has 0 saturated carbocycles. The number of nitrogens with zero attached hydrogens (tertiary/aromatic N) is 1. The van der Waals surface area contributed by atoms with Gasteiger partial charge in [-0.05, 0) is 25.5 Å². The Morgan fingerprint density at radius 1 is 1.17 bits per heavy atom. The molecule has 0 saturated heterocycles. The highest BCUT2D eigenvalue weighted by molar-refractivity contribution is 8.00. The normalized spacial score (nSPS) is 11.4. The van der Waals surface area contributed by atoms with Crippen molar-refractivity contribution >= 4 is 41.1 Å². The third-order valence-corrected chi connectivity index (χ3v) is 4.87. The minimum absolute atomic E-state index is 0.105. The van der Waals surface area contributed by atoms with Crippen LogP contribution in [0.2, 0.25) is 0 Å². The van der Waals surface area contributed by atoms with Gasteiger partial charge < -0.3 is 15.4 Å². The van der Waals surface area contributed by atoms with Gasteiger partial charge in [0, 0.05) is 12.5 Å². The molecule has 0 radical (unpaired) electrons. The summed E-state index contributed by atoms with van der Waals surface area (Å²) in [6.07, 6.45) is 0.454. The van der Waals surface area contributed by atoms with E-state index < -0.39 is 28.6 Å². The summed E-state index contributed by atoms with van der Waals surface area (Å²) in [5.41, 5.74) is -0.510. The van der Waals surface area contributed by atoms with Gasteiger partial charge in [0.15, 0.2) is 16.7 Å². The molecule has 1 atom stereocenters. The highest BCUT2D eigenvalue weighted by Gasteiger charge is 2.23. The van der Waals surface area contributed by atoms with Crippen LogP contribution >= 0.6 is 11.8 Å². The summed E-state index contributed by atoms with van der Waals surface area (Å²) in [6, 6.07) is 8.31. The fraction of sp³-hybridized carbons (Fsp3) is 0.316. The zero-order valence-corrected chi connectivity index (χ0v) is 17.1. The van der Waals surface area contributed by atoms with Gasteiger partial charge >= 0.3 is 5.97 Å². The Balaban J connectivity index is 2.35. The number of hydrogen-bond acceptors (Lipinski definition) is 7. The molecule has 2 amide bonds. The monoisotopic (exact) mass is 418 g/mol. The first kappa shape index (κ1) is 22.2. The number of amides is 2. The smallest absolute Gasteiger partial charge is 0.319 e. The van der Waals surface area contributed by atoms with Crippen LogP contribution in [0.15, 0.2) is 40.3 Å². The minimum atomic E-state index is -0.658. The third-order valence-electron chi connectivity index (χ3n) is 3.64. The first-order valence-corrected chi connectivity index (χ1v) is 9.85. The molecular weight excluding hydrogens is 396 g/mol. The van der Waals surface area contributed by atoms with Crippen LogP contribution in [0.1, 0.15) is 37.6 Å². The number of hydrogen-bond donors (Lipinski definition) is 3. The average Bonchev–Trinajstić information content (AvgIpc) is 2.69. The van der Waals surface area contributed by atoms with E-state index in [0.29, 0.717) is 12.0 Å². The molecule has 9 nitrogen and oxygen atoms in total. The fourth-order valence-electron chi connectivity index (χ4n) is 2.32. The summed E-state index contributed by atoms with van der Waals surface area (Å²) < 4.78 is 5.01. The van der Waals surface area contributed by atoms with Crippen molar-refractivity contribution in [2.24, 2.45) is 0 Å². The first-order valence-electron chi connectivity index (χ1n) is 8.97. The number of carbonyl (C=O) groups is 3. The molecular formula is C19H22N4O5S. The zero-order chi connectivity index (χ0) is 21.4.